The standard InChI is InChI=1S/C68H114O6/c1-4-7-10-13-16-19-22-24-26-28-30-31-32-33-34-35-36-37-39-40-42-44-46-49-52-55-58-61-67(70)73-64-65(63-72-66(69)60-57-54-51-48-21-18-15-12-9-6-3)74-68(71)62-59-56-53-50-47-45-43-41-38-29-27-25-23-20-17-14-11-8-5-2/h8,11-12,15,17,20,22,24-25,27-28,30,32-33,38,41,45,47,65H,4-7,9-10,13-14,16,18-19,21,23,26,29,31,34-37,39-40,42-44,46,48-64H2,1-3H3/b11-8-,15-12-,20-17-,24-22-,27-25-,30-28-,33-32-,41-38-,47-45-. The molecule has 0 aliphatic heterocycles. The second kappa shape index (κ2) is 61.6. The SMILES string of the molecule is CC/C=C\C/C=C\C/C=C\C/C=C\C/C=C\CCCCCC(=O)OC(COC(=O)CCCCCCC/C=C\CCC)COC(=O)CCCCCCCCCCCCCC/C=C\C/C=C\C/C=C\CCCCCCC. The summed E-state index contributed by atoms with van der Waals surface area (Å²) in [6.07, 6.45) is 83.9. The highest BCUT2D eigenvalue weighted by atomic mass is 16.6. The number of allylic oxidation sites excluding steroid dienone is 18. The van der Waals surface area contributed by atoms with Crippen LogP contribution in [0, 0.1) is 0 Å². The molecule has 0 rings (SSSR count). The molecule has 1 unspecified atom stereocenters. The van der Waals surface area contributed by atoms with Gasteiger partial charge in [0.05, 0.1) is 0 Å². The van der Waals surface area contributed by atoms with E-state index >= 15 is 0 Å². The number of unbranched alkanes of at least 4 members (excludes halogenated alkanes) is 26. The molecule has 0 aliphatic carbocycles. The molecule has 6 nitrogen and oxygen atoms in total. The average molecular weight is 1030 g/mol. The third kappa shape index (κ3) is 59.0. The molecule has 0 fully saturated rings. The zero-order chi connectivity index (χ0) is 53.6. The molecule has 0 aromatic rings. The molecule has 0 aromatic carbocycles. The summed E-state index contributed by atoms with van der Waals surface area (Å²) >= 11 is 0. The van der Waals surface area contributed by atoms with Gasteiger partial charge in [0.15, 0.2) is 6.10 Å². The molecule has 0 radical (unpaired) electrons. The number of carbonyl (C=O) groups is 3. The molecule has 0 saturated heterocycles. The van der Waals surface area contributed by atoms with Crippen molar-refractivity contribution in [2.45, 2.75) is 290 Å². The smallest absolute Gasteiger partial charge is 0.306 e. The Kier molecular flexibility index (Phi) is 58.3. The maximum Gasteiger partial charge on any atom is 0.306 e. The molecule has 0 aromatic heterocycles. The first kappa shape index (κ1) is 70.1. The first-order chi connectivity index (χ1) is 36.5. The van der Waals surface area contributed by atoms with E-state index in [4.69, 9.17) is 14.2 Å². The lowest BCUT2D eigenvalue weighted by molar-refractivity contribution is -0.167. The number of hydrogen-bond acceptors (Lipinski definition) is 6. The van der Waals surface area contributed by atoms with Crippen molar-refractivity contribution in [1.82, 2.24) is 0 Å². The highest BCUT2D eigenvalue weighted by molar-refractivity contribution is 5.71. The Labute approximate surface area is 457 Å². The van der Waals surface area contributed by atoms with E-state index < -0.39 is 6.10 Å². The van der Waals surface area contributed by atoms with Gasteiger partial charge in [-0.3, -0.25) is 14.4 Å². The number of rotatable bonds is 55. The van der Waals surface area contributed by atoms with Gasteiger partial charge in [-0.25, -0.2) is 0 Å². The molecule has 0 N–H and O–H groups in total. The van der Waals surface area contributed by atoms with Crippen LogP contribution < -0.4 is 0 Å². The van der Waals surface area contributed by atoms with E-state index in [0.29, 0.717) is 12.8 Å². The molecular formula is C68H114O6. The Morgan fingerprint density at radius 3 is 0.905 bits per heavy atom. The van der Waals surface area contributed by atoms with Crippen molar-refractivity contribution in [1.29, 1.82) is 0 Å². The molecule has 6 heteroatoms. The fourth-order valence-electron chi connectivity index (χ4n) is 8.36. The van der Waals surface area contributed by atoms with Crippen LogP contribution in [0.15, 0.2) is 109 Å². The van der Waals surface area contributed by atoms with Crippen LogP contribution in [0.1, 0.15) is 284 Å². The fourth-order valence-corrected chi connectivity index (χ4v) is 8.36. The number of carbonyl (C=O) groups excluding carboxylic acids is 3. The van der Waals surface area contributed by atoms with Gasteiger partial charge in [-0.05, 0) is 122 Å². The Morgan fingerprint density at radius 1 is 0.284 bits per heavy atom. The minimum absolute atomic E-state index is 0.0959. The van der Waals surface area contributed by atoms with E-state index in [1.165, 1.54) is 116 Å². The van der Waals surface area contributed by atoms with Crippen LogP contribution in [0.25, 0.3) is 0 Å². The average Bonchev–Trinajstić information content (AvgIpc) is 3.40. The number of hydrogen-bond donors (Lipinski definition) is 0. The molecule has 422 valence electrons. The van der Waals surface area contributed by atoms with E-state index in [9.17, 15) is 14.4 Å². The van der Waals surface area contributed by atoms with Gasteiger partial charge in [-0.15, -0.1) is 0 Å². The molecule has 0 amide bonds. The van der Waals surface area contributed by atoms with Crippen LogP contribution in [0.5, 0.6) is 0 Å². The third-order valence-electron chi connectivity index (χ3n) is 13.0. The van der Waals surface area contributed by atoms with Crippen molar-refractivity contribution in [3.8, 4) is 0 Å². The second-order valence-electron chi connectivity index (χ2n) is 20.2. The zero-order valence-corrected chi connectivity index (χ0v) is 48.3. The van der Waals surface area contributed by atoms with Crippen LogP contribution in [0.2, 0.25) is 0 Å². The minimum atomic E-state index is -0.801. The summed E-state index contributed by atoms with van der Waals surface area (Å²) in [5, 5.41) is 0. The Bertz CT molecular complexity index is 1510. The molecule has 0 heterocycles. The first-order valence-corrected chi connectivity index (χ1v) is 30.9. The normalized spacial score (nSPS) is 12.9. The third-order valence-corrected chi connectivity index (χ3v) is 13.0. The van der Waals surface area contributed by atoms with Crippen molar-refractivity contribution >= 4 is 17.9 Å². The van der Waals surface area contributed by atoms with Gasteiger partial charge >= 0.3 is 17.9 Å². The van der Waals surface area contributed by atoms with Crippen LogP contribution in [0.3, 0.4) is 0 Å². The van der Waals surface area contributed by atoms with Gasteiger partial charge in [0.1, 0.15) is 13.2 Å². The molecule has 1 atom stereocenters. The predicted molar refractivity (Wildman–Crippen MR) is 320 cm³/mol. The van der Waals surface area contributed by atoms with E-state index in [1.54, 1.807) is 0 Å². The highest BCUT2D eigenvalue weighted by Crippen LogP contribution is 2.15. The maximum atomic E-state index is 12.9. The molecular weight excluding hydrogens is 913 g/mol. The highest BCUT2D eigenvalue weighted by Gasteiger charge is 2.19. The van der Waals surface area contributed by atoms with Gasteiger partial charge < -0.3 is 14.2 Å². The summed E-state index contributed by atoms with van der Waals surface area (Å²) < 4.78 is 16.8. The van der Waals surface area contributed by atoms with Crippen LogP contribution in [0.4, 0.5) is 0 Å². The van der Waals surface area contributed by atoms with Crippen molar-refractivity contribution < 1.29 is 28.6 Å². The van der Waals surface area contributed by atoms with Crippen molar-refractivity contribution in [2.75, 3.05) is 13.2 Å². The van der Waals surface area contributed by atoms with Gasteiger partial charge in [-0.2, -0.15) is 0 Å². The lowest BCUT2D eigenvalue weighted by Crippen LogP contribution is -2.30. The van der Waals surface area contributed by atoms with Crippen molar-refractivity contribution in [3.05, 3.63) is 109 Å². The maximum absolute atomic E-state index is 12.9. The molecule has 0 aliphatic rings. The summed E-state index contributed by atoms with van der Waals surface area (Å²) in [4.78, 5) is 38.2. The second-order valence-corrected chi connectivity index (χ2v) is 20.2. The summed E-state index contributed by atoms with van der Waals surface area (Å²) in [7, 11) is 0. The predicted octanol–water partition coefficient (Wildman–Crippen LogP) is 21.0. The number of ether oxygens (including phenoxy) is 3. The quantitative estimate of drug-likeness (QED) is 0.0261. The largest absolute Gasteiger partial charge is 0.462 e. The fraction of sp³-hybridized carbons (Fsp3) is 0.691. The van der Waals surface area contributed by atoms with E-state index in [0.717, 1.165) is 128 Å². The van der Waals surface area contributed by atoms with Gasteiger partial charge in [0.2, 0.25) is 0 Å². The van der Waals surface area contributed by atoms with Gasteiger partial charge in [-0.1, -0.05) is 252 Å². The zero-order valence-electron chi connectivity index (χ0n) is 48.3. The van der Waals surface area contributed by atoms with Crippen LogP contribution >= 0.6 is 0 Å². The lowest BCUT2D eigenvalue weighted by atomic mass is 10.0. The van der Waals surface area contributed by atoms with Crippen molar-refractivity contribution in [2.24, 2.45) is 0 Å². The van der Waals surface area contributed by atoms with Crippen LogP contribution in [-0.4, -0.2) is 37.2 Å². The van der Waals surface area contributed by atoms with E-state index in [1.807, 2.05) is 0 Å². The topological polar surface area (TPSA) is 78.9 Å². The van der Waals surface area contributed by atoms with Crippen molar-refractivity contribution in [3.63, 3.8) is 0 Å². The summed E-state index contributed by atoms with van der Waals surface area (Å²) in [6.45, 7) is 6.42. The monoisotopic (exact) mass is 1030 g/mol. The van der Waals surface area contributed by atoms with Crippen LogP contribution in [-0.2, 0) is 28.6 Å². The summed E-state index contributed by atoms with van der Waals surface area (Å²) in [5.74, 6) is -0.939. The Balaban J connectivity index is 4.29. The minimum Gasteiger partial charge on any atom is -0.462 e. The van der Waals surface area contributed by atoms with Gasteiger partial charge in [0.25, 0.3) is 0 Å². The van der Waals surface area contributed by atoms with E-state index in [-0.39, 0.29) is 37.5 Å². The Morgan fingerprint density at radius 2 is 0.554 bits per heavy atom. The molecule has 74 heavy (non-hydrogen) atoms. The molecule has 0 bridgehead atoms. The lowest BCUT2D eigenvalue weighted by Gasteiger charge is -2.18. The summed E-state index contributed by atoms with van der Waals surface area (Å²) in [5.41, 5.74) is 0. The van der Waals surface area contributed by atoms with Gasteiger partial charge in [0, 0.05) is 19.3 Å². The Hall–Kier alpha value is -3.93. The van der Waals surface area contributed by atoms with E-state index in [2.05, 4.69) is 130 Å². The summed E-state index contributed by atoms with van der Waals surface area (Å²) in [6, 6.07) is 0. The molecule has 0 saturated carbocycles. The molecule has 0 spiro atoms. The number of esters is 3. The first-order valence-electron chi connectivity index (χ1n) is 30.9.